The molecule has 1 N–H and O–H groups in total. The molecule has 2 rings (SSSR count). The molecule has 0 aliphatic rings. The number of nitrogens with one attached hydrogen (secondary N) is 1. The summed E-state index contributed by atoms with van der Waals surface area (Å²) in [6.45, 7) is 2.11. The van der Waals surface area contributed by atoms with Crippen LogP contribution in [0.5, 0.6) is 0 Å². The van der Waals surface area contributed by atoms with Gasteiger partial charge in [0.1, 0.15) is 0 Å². The summed E-state index contributed by atoms with van der Waals surface area (Å²) in [5, 5.41) is 5.53. The van der Waals surface area contributed by atoms with Crippen LogP contribution in [0, 0.1) is 0 Å². The summed E-state index contributed by atoms with van der Waals surface area (Å²) < 4.78 is 5.90. The fourth-order valence-corrected chi connectivity index (χ4v) is 4.15. The number of thiophene rings is 2. The van der Waals surface area contributed by atoms with Gasteiger partial charge in [-0.05, 0) is 46.4 Å². The van der Waals surface area contributed by atoms with E-state index in [9.17, 15) is 4.79 Å². The van der Waals surface area contributed by atoms with E-state index in [4.69, 9.17) is 4.74 Å². The second-order valence-corrected chi connectivity index (χ2v) is 7.85. The minimum absolute atomic E-state index is 0.0154. The number of hydrogen-bond donors (Lipinski definition) is 1. The van der Waals surface area contributed by atoms with Crippen molar-refractivity contribution in [1.29, 1.82) is 0 Å². The SMILES string of the molecule is COC(=O)CC(NC(C)c1ccc(Br)s1)c1cccs1. The first-order valence-electron chi connectivity index (χ1n) is 6.21. The van der Waals surface area contributed by atoms with Gasteiger partial charge in [0.05, 0.1) is 23.4 Å². The van der Waals surface area contributed by atoms with Gasteiger partial charge >= 0.3 is 5.97 Å². The van der Waals surface area contributed by atoms with Gasteiger partial charge in [0.15, 0.2) is 0 Å². The first kappa shape index (κ1) is 15.7. The molecule has 0 aliphatic carbocycles. The van der Waals surface area contributed by atoms with Crippen molar-refractivity contribution in [3.05, 3.63) is 43.2 Å². The molecule has 6 heteroatoms. The summed E-state index contributed by atoms with van der Waals surface area (Å²) in [4.78, 5) is 14.0. The van der Waals surface area contributed by atoms with Gasteiger partial charge in [-0.25, -0.2) is 0 Å². The highest BCUT2D eigenvalue weighted by molar-refractivity contribution is 9.11. The van der Waals surface area contributed by atoms with Crippen LogP contribution in [-0.4, -0.2) is 13.1 Å². The summed E-state index contributed by atoms with van der Waals surface area (Å²) in [6.07, 6.45) is 0.341. The molecule has 0 amide bonds. The molecule has 0 saturated heterocycles. The van der Waals surface area contributed by atoms with E-state index in [1.165, 1.54) is 12.0 Å². The van der Waals surface area contributed by atoms with Crippen LogP contribution in [0.2, 0.25) is 0 Å². The number of carbonyl (C=O) groups is 1. The topological polar surface area (TPSA) is 38.3 Å². The molecule has 0 spiro atoms. The normalized spacial score (nSPS) is 13.9. The number of carbonyl (C=O) groups excluding carboxylic acids is 1. The minimum atomic E-state index is -0.199. The Hall–Kier alpha value is -0.690. The molecule has 0 aliphatic heterocycles. The lowest BCUT2D eigenvalue weighted by atomic mass is 10.1. The van der Waals surface area contributed by atoms with Gasteiger partial charge in [-0.1, -0.05) is 6.07 Å². The molecule has 2 aromatic rings. The molecule has 0 radical (unpaired) electrons. The summed E-state index contributed by atoms with van der Waals surface area (Å²) in [5.74, 6) is -0.199. The fourth-order valence-electron chi connectivity index (χ4n) is 1.93. The zero-order valence-corrected chi connectivity index (χ0v) is 14.5. The van der Waals surface area contributed by atoms with Crippen LogP contribution >= 0.6 is 38.6 Å². The van der Waals surface area contributed by atoms with Crippen LogP contribution < -0.4 is 5.32 Å². The molecule has 0 aromatic carbocycles. The Kier molecular flexibility index (Phi) is 5.77. The summed E-state index contributed by atoms with van der Waals surface area (Å²) in [5.41, 5.74) is 0. The molecule has 20 heavy (non-hydrogen) atoms. The zero-order chi connectivity index (χ0) is 14.5. The third kappa shape index (κ3) is 4.15. The molecule has 0 bridgehead atoms. The number of rotatable bonds is 6. The van der Waals surface area contributed by atoms with Crippen LogP contribution in [0.1, 0.15) is 35.2 Å². The van der Waals surface area contributed by atoms with E-state index in [0.717, 1.165) is 8.66 Å². The third-order valence-corrected chi connectivity index (χ3v) is 5.75. The predicted molar refractivity (Wildman–Crippen MR) is 87.3 cm³/mol. The average molecular weight is 374 g/mol. The number of halogens is 1. The maximum absolute atomic E-state index is 11.6. The molecular weight excluding hydrogens is 358 g/mol. The Balaban J connectivity index is 2.09. The van der Waals surface area contributed by atoms with Gasteiger partial charge in [-0.2, -0.15) is 0 Å². The Morgan fingerprint density at radius 1 is 1.40 bits per heavy atom. The van der Waals surface area contributed by atoms with E-state index >= 15 is 0 Å². The smallest absolute Gasteiger partial charge is 0.307 e. The summed E-state index contributed by atoms with van der Waals surface area (Å²) in [7, 11) is 1.42. The Bertz CT molecular complexity index is 553. The van der Waals surface area contributed by atoms with Crippen molar-refractivity contribution in [2.24, 2.45) is 0 Å². The fraction of sp³-hybridized carbons (Fsp3) is 0.357. The maximum atomic E-state index is 11.6. The molecule has 2 atom stereocenters. The van der Waals surface area contributed by atoms with Crippen molar-refractivity contribution >= 4 is 44.6 Å². The maximum Gasteiger partial charge on any atom is 0.307 e. The molecule has 0 fully saturated rings. The highest BCUT2D eigenvalue weighted by Gasteiger charge is 2.20. The van der Waals surface area contributed by atoms with Crippen molar-refractivity contribution in [2.45, 2.75) is 25.4 Å². The largest absolute Gasteiger partial charge is 0.469 e. The molecule has 2 aromatic heterocycles. The Labute approximate surface area is 135 Å². The number of hydrogen-bond acceptors (Lipinski definition) is 5. The van der Waals surface area contributed by atoms with Gasteiger partial charge < -0.3 is 10.1 Å². The summed E-state index contributed by atoms with van der Waals surface area (Å²) >= 11 is 6.83. The zero-order valence-electron chi connectivity index (χ0n) is 11.3. The second kappa shape index (κ2) is 7.36. The van der Waals surface area contributed by atoms with Gasteiger partial charge in [0, 0.05) is 15.8 Å². The third-order valence-electron chi connectivity index (χ3n) is 2.96. The molecular formula is C14H16BrNO2S2. The van der Waals surface area contributed by atoms with Crippen molar-refractivity contribution in [3.63, 3.8) is 0 Å². The number of methoxy groups -OCH3 is 1. The van der Waals surface area contributed by atoms with Crippen LogP contribution in [0.15, 0.2) is 33.4 Å². The van der Waals surface area contributed by atoms with Crippen LogP contribution in [0.25, 0.3) is 0 Å². The van der Waals surface area contributed by atoms with E-state index in [1.54, 1.807) is 22.7 Å². The van der Waals surface area contributed by atoms with Gasteiger partial charge in [-0.15, -0.1) is 22.7 Å². The first-order valence-corrected chi connectivity index (χ1v) is 8.70. The monoisotopic (exact) mass is 373 g/mol. The quantitative estimate of drug-likeness (QED) is 0.756. The van der Waals surface area contributed by atoms with Crippen molar-refractivity contribution in [1.82, 2.24) is 5.32 Å². The molecule has 108 valence electrons. The minimum Gasteiger partial charge on any atom is -0.469 e. The van der Waals surface area contributed by atoms with Crippen molar-refractivity contribution in [2.75, 3.05) is 7.11 Å². The van der Waals surface area contributed by atoms with E-state index in [1.807, 2.05) is 23.6 Å². The standard InChI is InChI=1S/C14H16BrNO2S2/c1-9(11-5-6-13(15)20-11)16-10(8-14(17)18-2)12-4-3-7-19-12/h3-7,9-10,16H,8H2,1-2H3. The molecule has 0 saturated carbocycles. The van der Waals surface area contributed by atoms with Gasteiger partial charge in [0.25, 0.3) is 0 Å². The van der Waals surface area contributed by atoms with Crippen LogP contribution in [0.4, 0.5) is 0 Å². The Morgan fingerprint density at radius 3 is 2.75 bits per heavy atom. The van der Waals surface area contributed by atoms with Crippen LogP contribution in [0.3, 0.4) is 0 Å². The summed E-state index contributed by atoms with van der Waals surface area (Å²) in [6, 6.07) is 8.34. The molecule has 2 unspecified atom stereocenters. The van der Waals surface area contributed by atoms with Crippen LogP contribution in [-0.2, 0) is 9.53 Å². The van der Waals surface area contributed by atoms with E-state index in [0.29, 0.717) is 6.42 Å². The lowest BCUT2D eigenvalue weighted by molar-refractivity contribution is -0.141. The second-order valence-electron chi connectivity index (χ2n) is 4.38. The lowest BCUT2D eigenvalue weighted by Gasteiger charge is -2.21. The van der Waals surface area contributed by atoms with E-state index < -0.39 is 0 Å². The highest BCUT2D eigenvalue weighted by Crippen LogP contribution is 2.30. The Morgan fingerprint density at radius 2 is 2.20 bits per heavy atom. The van der Waals surface area contributed by atoms with E-state index in [2.05, 4.69) is 34.2 Å². The van der Waals surface area contributed by atoms with Gasteiger partial charge in [-0.3, -0.25) is 4.79 Å². The predicted octanol–water partition coefficient (Wildman–Crippen LogP) is 4.53. The number of ether oxygens (including phenoxy) is 1. The molecule has 3 nitrogen and oxygen atoms in total. The van der Waals surface area contributed by atoms with E-state index in [-0.39, 0.29) is 18.1 Å². The average Bonchev–Trinajstić information content (AvgIpc) is 3.08. The highest BCUT2D eigenvalue weighted by atomic mass is 79.9. The van der Waals surface area contributed by atoms with Gasteiger partial charge in [0.2, 0.25) is 0 Å². The van der Waals surface area contributed by atoms with Crippen molar-refractivity contribution < 1.29 is 9.53 Å². The molecule has 2 heterocycles. The number of esters is 1. The first-order chi connectivity index (χ1) is 9.60. The van der Waals surface area contributed by atoms with Crippen molar-refractivity contribution in [3.8, 4) is 0 Å². The lowest BCUT2D eigenvalue weighted by Crippen LogP contribution is -2.26.